The van der Waals surface area contributed by atoms with Crippen molar-refractivity contribution in [1.29, 1.82) is 0 Å². The van der Waals surface area contributed by atoms with E-state index in [2.05, 4.69) is 27.0 Å². The van der Waals surface area contributed by atoms with Gasteiger partial charge < -0.3 is 10.6 Å². The monoisotopic (exact) mass is 235 g/mol. The predicted molar refractivity (Wildman–Crippen MR) is 67.9 cm³/mol. The number of hydrogen-bond donors (Lipinski definition) is 1. The van der Waals surface area contributed by atoms with Crippen molar-refractivity contribution >= 4 is 5.95 Å². The van der Waals surface area contributed by atoms with Gasteiger partial charge in [0.05, 0.1) is 11.4 Å². The van der Waals surface area contributed by atoms with Gasteiger partial charge >= 0.3 is 0 Å². The standard InChI is InChI=1S/C12H21N5/c1-8(13)11-5-4-6-17(7-11)12-14-9(2)10(3)15-16-12/h8,11H,4-7,13H2,1-3H3. The Labute approximate surface area is 102 Å². The van der Waals surface area contributed by atoms with E-state index in [0.717, 1.165) is 36.8 Å². The minimum Gasteiger partial charge on any atom is -0.339 e. The average molecular weight is 235 g/mol. The number of nitrogens with zero attached hydrogens (tertiary/aromatic N) is 4. The largest absolute Gasteiger partial charge is 0.339 e. The molecule has 2 atom stereocenters. The normalized spacial score (nSPS) is 22.6. The zero-order valence-electron chi connectivity index (χ0n) is 10.8. The molecule has 0 aliphatic carbocycles. The van der Waals surface area contributed by atoms with Crippen molar-refractivity contribution in [3.8, 4) is 0 Å². The maximum Gasteiger partial charge on any atom is 0.245 e. The summed E-state index contributed by atoms with van der Waals surface area (Å²) in [6.45, 7) is 7.93. The molecule has 1 fully saturated rings. The molecule has 1 aliphatic heterocycles. The van der Waals surface area contributed by atoms with Gasteiger partial charge in [-0.3, -0.25) is 0 Å². The molecule has 0 saturated carbocycles. The van der Waals surface area contributed by atoms with Crippen molar-refractivity contribution in [3.63, 3.8) is 0 Å². The predicted octanol–water partition coefficient (Wildman–Crippen LogP) is 1.05. The molecule has 1 aliphatic rings. The van der Waals surface area contributed by atoms with E-state index in [-0.39, 0.29) is 6.04 Å². The number of nitrogens with two attached hydrogens (primary N) is 1. The van der Waals surface area contributed by atoms with E-state index < -0.39 is 0 Å². The van der Waals surface area contributed by atoms with E-state index in [1.165, 1.54) is 6.42 Å². The van der Waals surface area contributed by atoms with E-state index in [1.54, 1.807) is 0 Å². The highest BCUT2D eigenvalue weighted by atomic mass is 15.3. The first-order valence-corrected chi connectivity index (χ1v) is 6.26. The summed E-state index contributed by atoms with van der Waals surface area (Å²) in [6, 6.07) is 0.234. The fourth-order valence-corrected chi connectivity index (χ4v) is 2.20. The highest BCUT2D eigenvalue weighted by Crippen LogP contribution is 2.21. The summed E-state index contributed by atoms with van der Waals surface area (Å²) in [6.07, 6.45) is 2.36. The number of hydrogen-bond acceptors (Lipinski definition) is 5. The van der Waals surface area contributed by atoms with Crippen LogP contribution >= 0.6 is 0 Å². The lowest BCUT2D eigenvalue weighted by Crippen LogP contribution is -2.43. The summed E-state index contributed by atoms with van der Waals surface area (Å²) in [5.74, 6) is 1.28. The fourth-order valence-electron chi connectivity index (χ4n) is 2.20. The molecule has 0 spiro atoms. The molecule has 2 heterocycles. The first-order valence-electron chi connectivity index (χ1n) is 6.26. The summed E-state index contributed by atoms with van der Waals surface area (Å²) in [5.41, 5.74) is 7.83. The molecule has 0 aromatic carbocycles. The molecular weight excluding hydrogens is 214 g/mol. The van der Waals surface area contributed by atoms with Gasteiger partial charge in [-0.2, -0.15) is 5.10 Å². The zero-order chi connectivity index (χ0) is 12.4. The van der Waals surface area contributed by atoms with Gasteiger partial charge in [-0.05, 0) is 39.5 Å². The Morgan fingerprint density at radius 1 is 1.29 bits per heavy atom. The topological polar surface area (TPSA) is 67.9 Å². The molecule has 17 heavy (non-hydrogen) atoms. The maximum atomic E-state index is 5.98. The summed E-state index contributed by atoms with van der Waals surface area (Å²) < 4.78 is 0. The van der Waals surface area contributed by atoms with Crippen LogP contribution in [-0.2, 0) is 0 Å². The van der Waals surface area contributed by atoms with Crippen LogP contribution in [0.3, 0.4) is 0 Å². The Morgan fingerprint density at radius 2 is 2.06 bits per heavy atom. The Bertz CT molecular complexity index is 390. The Balaban J connectivity index is 2.13. The second-order valence-corrected chi connectivity index (χ2v) is 4.99. The molecule has 0 amide bonds. The highest BCUT2D eigenvalue weighted by Gasteiger charge is 2.24. The van der Waals surface area contributed by atoms with Crippen LogP contribution in [0.15, 0.2) is 0 Å². The van der Waals surface area contributed by atoms with Gasteiger partial charge in [-0.15, -0.1) is 5.10 Å². The molecule has 0 radical (unpaired) electrons. The van der Waals surface area contributed by atoms with Gasteiger partial charge in [0.2, 0.25) is 5.95 Å². The lowest BCUT2D eigenvalue weighted by molar-refractivity contribution is 0.361. The van der Waals surface area contributed by atoms with Gasteiger partial charge in [-0.1, -0.05) is 0 Å². The Kier molecular flexibility index (Phi) is 3.57. The summed E-state index contributed by atoms with van der Waals surface area (Å²) in [5, 5.41) is 8.32. The van der Waals surface area contributed by atoms with Crippen LogP contribution in [0.1, 0.15) is 31.2 Å². The van der Waals surface area contributed by atoms with Crippen molar-refractivity contribution in [1.82, 2.24) is 15.2 Å². The fraction of sp³-hybridized carbons (Fsp3) is 0.750. The second kappa shape index (κ2) is 4.96. The van der Waals surface area contributed by atoms with Crippen molar-refractivity contribution in [3.05, 3.63) is 11.4 Å². The quantitative estimate of drug-likeness (QED) is 0.830. The third-order valence-electron chi connectivity index (χ3n) is 3.57. The van der Waals surface area contributed by atoms with E-state index in [4.69, 9.17) is 5.73 Å². The molecule has 94 valence electrons. The first-order chi connectivity index (χ1) is 8.08. The van der Waals surface area contributed by atoms with Gasteiger partial charge in [0.25, 0.3) is 0 Å². The Morgan fingerprint density at radius 3 is 2.71 bits per heavy atom. The number of aryl methyl sites for hydroxylation is 2. The zero-order valence-corrected chi connectivity index (χ0v) is 10.8. The Hall–Kier alpha value is -1.23. The number of anilines is 1. The van der Waals surface area contributed by atoms with Crippen LogP contribution in [0.5, 0.6) is 0 Å². The lowest BCUT2D eigenvalue weighted by atomic mass is 9.92. The van der Waals surface area contributed by atoms with Crippen molar-refractivity contribution in [2.45, 2.75) is 39.7 Å². The molecule has 1 saturated heterocycles. The van der Waals surface area contributed by atoms with Crippen molar-refractivity contribution < 1.29 is 0 Å². The third kappa shape index (κ3) is 2.72. The van der Waals surface area contributed by atoms with Crippen LogP contribution in [0.25, 0.3) is 0 Å². The van der Waals surface area contributed by atoms with Gasteiger partial charge in [0.15, 0.2) is 0 Å². The lowest BCUT2D eigenvalue weighted by Gasteiger charge is -2.34. The number of aromatic nitrogens is 3. The second-order valence-electron chi connectivity index (χ2n) is 4.99. The van der Waals surface area contributed by atoms with Crippen molar-refractivity contribution in [2.24, 2.45) is 11.7 Å². The molecule has 2 rings (SSSR count). The molecule has 2 unspecified atom stereocenters. The summed E-state index contributed by atoms with van der Waals surface area (Å²) in [7, 11) is 0. The van der Waals surface area contributed by atoms with E-state index in [1.807, 2.05) is 13.8 Å². The molecule has 5 heteroatoms. The smallest absolute Gasteiger partial charge is 0.245 e. The van der Waals surface area contributed by atoms with E-state index >= 15 is 0 Å². The van der Waals surface area contributed by atoms with Crippen LogP contribution in [-0.4, -0.2) is 34.3 Å². The summed E-state index contributed by atoms with van der Waals surface area (Å²) >= 11 is 0. The van der Waals surface area contributed by atoms with Gasteiger partial charge in [0.1, 0.15) is 0 Å². The molecule has 5 nitrogen and oxygen atoms in total. The average Bonchev–Trinajstić information content (AvgIpc) is 2.33. The highest BCUT2D eigenvalue weighted by molar-refractivity contribution is 5.30. The molecule has 2 N–H and O–H groups in total. The molecule has 0 bridgehead atoms. The van der Waals surface area contributed by atoms with Gasteiger partial charge in [-0.25, -0.2) is 4.98 Å². The van der Waals surface area contributed by atoms with E-state index in [9.17, 15) is 0 Å². The molecule has 1 aromatic heterocycles. The molecule has 1 aromatic rings. The minimum atomic E-state index is 0.234. The molecular formula is C12H21N5. The van der Waals surface area contributed by atoms with Crippen molar-refractivity contribution in [2.75, 3.05) is 18.0 Å². The van der Waals surface area contributed by atoms with Crippen LogP contribution in [0.4, 0.5) is 5.95 Å². The number of rotatable bonds is 2. The van der Waals surface area contributed by atoms with Gasteiger partial charge in [0, 0.05) is 19.1 Å². The summed E-state index contributed by atoms with van der Waals surface area (Å²) in [4.78, 5) is 6.71. The maximum absolute atomic E-state index is 5.98. The van der Waals surface area contributed by atoms with Crippen LogP contribution in [0, 0.1) is 19.8 Å². The SMILES string of the molecule is Cc1nnc(N2CCCC(C(C)N)C2)nc1C. The number of piperidine rings is 1. The van der Waals surface area contributed by atoms with E-state index in [0.29, 0.717) is 5.92 Å². The third-order valence-corrected chi connectivity index (χ3v) is 3.57. The van der Waals surface area contributed by atoms with Crippen LogP contribution in [0.2, 0.25) is 0 Å². The minimum absolute atomic E-state index is 0.234. The first kappa shape index (κ1) is 12.2. The van der Waals surface area contributed by atoms with Crippen LogP contribution < -0.4 is 10.6 Å².